The molecule has 0 aliphatic carbocycles. The first-order valence-electron chi connectivity index (χ1n) is 13.6. The fourth-order valence-corrected chi connectivity index (χ4v) is 5.23. The number of carbonyl (C=O) groups is 1. The monoisotopic (exact) mass is 563 g/mol. The average Bonchev–Trinajstić information content (AvgIpc) is 2.99. The smallest absolute Gasteiger partial charge is 0.257 e. The Bertz CT molecular complexity index is 1700. The number of aromatic nitrogens is 2. The van der Waals surface area contributed by atoms with Gasteiger partial charge in [-0.05, 0) is 48.4 Å². The minimum absolute atomic E-state index is 0.263. The van der Waals surface area contributed by atoms with E-state index in [2.05, 4.69) is 21.6 Å². The molecule has 0 atom stereocenters. The molecule has 0 spiro atoms. The summed E-state index contributed by atoms with van der Waals surface area (Å²) in [4.78, 5) is 25.1. The lowest BCUT2D eigenvalue weighted by atomic mass is 10.1. The van der Waals surface area contributed by atoms with Crippen molar-refractivity contribution in [2.75, 3.05) is 36.9 Å². The van der Waals surface area contributed by atoms with Crippen molar-refractivity contribution >= 4 is 45.7 Å². The highest BCUT2D eigenvalue weighted by Gasteiger charge is 2.16. The summed E-state index contributed by atoms with van der Waals surface area (Å²) in [7, 11) is 0. The van der Waals surface area contributed by atoms with Crippen LogP contribution in [-0.4, -0.2) is 47.1 Å². The van der Waals surface area contributed by atoms with E-state index < -0.39 is 0 Å². The largest absolute Gasteiger partial charge is 0.379 e. The third-order valence-corrected chi connectivity index (χ3v) is 7.49. The number of hydrogen-bond donors (Lipinski definition) is 2. The molecule has 6 rings (SSSR count). The van der Waals surface area contributed by atoms with E-state index in [1.54, 1.807) is 12.1 Å². The van der Waals surface area contributed by atoms with Crippen molar-refractivity contribution in [1.82, 2.24) is 14.9 Å². The number of ether oxygens (including phenoxy) is 1. The Kier molecular flexibility index (Phi) is 7.91. The highest BCUT2D eigenvalue weighted by molar-refractivity contribution is 6.34. The van der Waals surface area contributed by atoms with Crippen LogP contribution in [0.15, 0.2) is 91.0 Å². The van der Waals surface area contributed by atoms with Crippen LogP contribution in [0.3, 0.4) is 0 Å². The number of nitrogens with zero attached hydrogens (tertiary/aromatic N) is 3. The lowest BCUT2D eigenvalue weighted by molar-refractivity contribution is 0.0342. The molecule has 0 unspecified atom stereocenters. The van der Waals surface area contributed by atoms with E-state index in [-0.39, 0.29) is 5.91 Å². The van der Waals surface area contributed by atoms with Gasteiger partial charge in [-0.2, -0.15) is 0 Å². The van der Waals surface area contributed by atoms with Gasteiger partial charge in [-0.15, -0.1) is 0 Å². The molecule has 0 saturated carbocycles. The molecule has 1 aromatic heterocycles. The average molecular weight is 564 g/mol. The third-order valence-electron chi connectivity index (χ3n) is 7.18. The standard InChI is InChI=1S/C33H30ClN5O2/c1-22-11-12-23(21-39-15-17-41-18-16-39)19-30(22)36-32(40)26-14-13-25(20-28(26)34)35-33-37-29-10-6-5-9-27(29)31(38-33)24-7-3-2-4-8-24/h2-14,19-20H,15-18,21H2,1H3,(H,36,40)(H,35,37,38). The maximum Gasteiger partial charge on any atom is 0.257 e. The first-order valence-corrected chi connectivity index (χ1v) is 14.0. The second kappa shape index (κ2) is 12.1. The number of nitrogens with one attached hydrogen (secondary N) is 2. The van der Waals surface area contributed by atoms with Crippen LogP contribution in [0, 0.1) is 6.92 Å². The Morgan fingerprint density at radius 3 is 2.51 bits per heavy atom. The lowest BCUT2D eigenvalue weighted by Gasteiger charge is -2.26. The van der Waals surface area contributed by atoms with Gasteiger partial charge < -0.3 is 15.4 Å². The van der Waals surface area contributed by atoms with Gasteiger partial charge in [0.2, 0.25) is 5.95 Å². The normalized spacial score (nSPS) is 13.7. The maximum atomic E-state index is 13.2. The van der Waals surface area contributed by atoms with Crippen molar-refractivity contribution in [3.05, 3.63) is 113 Å². The topological polar surface area (TPSA) is 79.4 Å². The van der Waals surface area contributed by atoms with E-state index in [4.69, 9.17) is 26.3 Å². The summed E-state index contributed by atoms with van der Waals surface area (Å²) in [5, 5.41) is 7.62. The molecule has 1 aliphatic heterocycles. The summed E-state index contributed by atoms with van der Waals surface area (Å²) in [5.41, 5.74) is 6.65. The van der Waals surface area contributed by atoms with Gasteiger partial charge in [0.1, 0.15) is 0 Å². The van der Waals surface area contributed by atoms with Crippen molar-refractivity contribution in [2.45, 2.75) is 13.5 Å². The van der Waals surface area contributed by atoms with E-state index >= 15 is 0 Å². The molecule has 1 fully saturated rings. The summed E-state index contributed by atoms with van der Waals surface area (Å²) in [6.07, 6.45) is 0. The summed E-state index contributed by atoms with van der Waals surface area (Å²) in [6, 6.07) is 29.4. The van der Waals surface area contributed by atoms with Crippen molar-refractivity contribution < 1.29 is 9.53 Å². The number of morpholine rings is 1. The van der Waals surface area contributed by atoms with Crippen LogP contribution in [0.5, 0.6) is 0 Å². The SMILES string of the molecule is Cc1ccc(CN2CCOCC2)cc1NC(=O)c1ccc(Nc2nc(-c3ccccc3)c3ccccc3n2)cc1Cl. The Balaban J connectivity index is 1.20. The van der Waals surface area contributed by atoms with E-state index in [0.29, 0.717) is 22.2 Å². The van der Waals surface area contributed by atoms with Gasteiger partial charge in [0, 0.05) is 42.0 Å². The lowest BCUT2D eigenvalue weighted by Crippen LogP contribution is -2.35. The molecular weight excluding hydrogens is 534 g/mol. The first kappa shape index (κ1) is 26.9. The summed E-state index contributed by atoms with van der Waals surface area (Å²) in [5.74, 6) is 0.185. The molecule has 5 aromatic rings. The number of benzene rings is 4. The molecule has 0 radical (unpaired) electrons. The molecule has 7 nitrogen and oxygen atoms in total. The number of amides is 1. The van der Waals surface area contributed by atoms with Gasteiger partial charge in [-0.25, -0.2) is 9.97 Å². The maximum absolute atomic E-state index is 13.2. The number of halogens is 1. The van der Waals surface area contributed by atoms with Gasteiger partial charge in [0.15, 0.2) is 0 Å². The Morgan fingerprint density at radius 2 is 1.71 bits per heavy atom. The molecule has 1 amide bonds. The van der Waals surface area contributed by atoms with Crippen LogP contribution >= 0.6 is 11.6 Å². The molecule has 41 heavy (non-hydrogen) atoms. The molecule has 1 aliphatic rings. The molecule has 0 bridgehead atoms. The van der Waals surface area contributed by atoms with Crippen LogP contribution in [0.1, 0.15) is 21.5 Å². The van der Waals surface area contributed by atoms with Gasteiger partial charge in [0.25, 0.3) is 5.91 Å². The number of aryl methyl sites for hydroxylation is 1. The first-order chi connectivity index (χ1) is 20.0. The summed E-state index contributed by atoms with van der Waals surface area (Å²) >= 11 is 6.62. The van der Waals surface area contributed by atoms with Crippen molar-refractivity contribution in [3.63, 3.8) is 0 Å². The second-order valence-corrected chi connectivity index (χ2v) is 10.5. The molecule has 2 heterocycles. The van der Waals surface area contributed by atoms with Crippen LogP contribution in [-0.2, 0) is 11.3 Å². The van der Waals surface area contributed by atoms with Gasteiger partial charge in [0.05, 0.1) is 35.0 Å². The van der Waals surface area contributed by atoms with Crippen molar-refractivity contribution in [2.24, 2.45) is 0 Å². The fraction of sp³-hybridized carbons (Fsp3) is 0.182. The Labute approximate surface area is 244 Å². The quantitative estimate of drug-likeness (QED) is 0.220. The zero-order valence-corrected chi connectivity index (χ0v) is 23.5. The number of carbonyl (C=O) groups excluding carboxylic acids is 1. The third kappa shape index (κ3) is 6.23. The van der Waals surface area contributed by atoms with Crippen molar-refractivity contribution in [1.29, 1.82) is 0 Å². The highest BCUT2D eigenvalue weighted by Crippen LogP contribution is 2.29. The number of fused-ring (bicyclic) bond motifs is 1. The molecular formula is C33H30ClN5O2. The van der Waals surface area contributed by atoms with E-state index in [0.717, 1.165) is 71.8 Å². The van der Waals surface area contributed by atoms with E-state index in [9.17, 15) is 4.79 Å². The number of para-hydroxylation sites is 1. The minimum atomic E-state index is -0.263. The van der Waals surface area contributed by atoms with Crippen LogP contribution < -0.4 is 10.6 Å². The molecule has 8 heteroatoms. The van der Waals surface area contributed by atoms with E-state index in [1.807, 2.05) is 79.7 Å². The molecule has 1 saturated heterocycles. The number of hydrogen-bond acceptors (Lipinski definition) is 6. The van der Waals surface area contributed by atoms with Gasteiger partial charge in [-0.3, -0.25) is 9.69 Å². The predicted octanol–water partition coefficient (Wildman–Crippen LogP) is 7.09. The predicted molar refractivity (Wildman–Crippen MR) is 165 cm³/mol. The second-order valence-electron chi connectivity index (χ2n) is 10.1. The van der Waals surface area contributed by atoms with Crippen LogP contribution in [0.25, 0.3) is 22.2 Å². The fourth-order valence-electron chi connectivity index (χ4n) is 4.96. The number of anilines is 3. The minimum Gasteiger partial charge on any atom is -0.379 e. The van der Waals surface area contributed by atoms with Crippen molar-refractivity contribution in [3.8, 4) is 11.3 Å². The highest BCUT2D eigenvalue weighted by atomic mass is 35.5. The number of rotatable bonds is 7. The van der Waals surface area contributed by atoms with Crippen LogP contribution in [0.2, 0.25) is 5.02 Å². The zero-order valence-electron chi connectivity index (χ0n) is 22.7. The Morgan fingerprint density at radius 1 is 0.927 bits per heavy atom. The zero-order chi connectivity index (χ0) is 28.2. The van der Waals surface area contributed by atoms with Gasteiger partial charge >= 0.3 is 0 Å². The summed E-state index contributed by atoms with van der Waals surface area (Å²) < 4.78 is 5.45. The Hall–Kier alpha value is -4.30. The van der Waals surface area contributed by atoms with Crippen LogP contribution in [0.4, 0.5) is 17.3 Å². The molecule has 2 N–H and O–H groups in total. The summed E-state index contributed by atoms with van der Waals surface area (Å²) in [6.45, 7) is 6.11. The van der Waals surface area contributed by atoms with E-state index in [1.165, 1.54) is 0 Å². The van der Waals surface area contributed by atoms with Gasteiger partial charge in [-0.1, -0.05) is 72.3 Å². The molecule has 4 aromatic carbocycles. The molecule has 206 valence electrons.